The second-order valence-electron chi connectivity index (χ2n) is 6.68. The summed E-state index contributed by atoms with van der Waals surface area (Å²) in [6.45, 7) is 2.24. The lowest BCUT2D eigenvalue weighted by Gasteiger charge is -2.13. The Labute approximate surface area is 151 Å². The molecule has 2 rings (SSSR count). The predicted molar refractivity (Wildman–Crippen MR) is 104 cm³/mol. The van der Waals surface area contributed by atoms with Gasteiger partial charge >= 0.3 is 0 Å². The Morgan fingerprint density at radius 2 is 1.60 bits per heavy atom. The van der Waals surface area contributed by atoms with Gasteiger partial charge in [-0.1, -0.05) is 87.0 Å². The number of aromatic hydroxyl groups is 1. The van der Waals surface area contributed by atoms with Gasteiger partial charge < -0.3 is 5.11 Å². The maximum atomic E-state index is 11.4. The molecule has 134 valence electrons. The number of phenols is 1. The molecule has 0 heterocycles. The number of unbranched alkanes of at least 4 members (excludes halogenated alkanes) is 6. The third-order valence-corrected chi connectivity index (χ3v) is 4.68. The van der Waals surface area contributed by atoms with Crippen LogP contribution in [-0.4, -0.2) is 5.11 Å². The van der Waals surface area contributed by atoms with Gasteiger partial charge in [-0.3, -0.25) is 0 Å². The minimum Gasteiger partial charge on any atom is -0.508 e. The first kappa shape index (κ1) is 19.2. The van der Waals surface area contributed by atoms with Crippen LogP contribution in [0.2, 0.25) is 0 Å². The summed E-state index contributed by atoms with van der Waals surface area (Å²) in [5.41, 5.74) is 2.56. The number of phenolic OH excluding ortho intramolecular Hbond substituents is 1. The Morgan fingerprint density at radius 3 is 2.28 bits per heavy atom. The van der Waals surface area contributed by atoms with Crippen LogP contribution >= 0.6 is 0 Å². The van der Waals surface area contributed by atoms with Crippen molar-refractivity contribution in [1.29, 1.82) is 0 Å². The van der Waals surface area contributed by atoms with E-state index in [2.05, 4.69) is 12.1 Å². The lowest BCUT2D eigenvalue weighted by atomic mass is 9.95. The zero-order valence-electron chi connectivity index (χ0n) is 15.2. The Balaban J connectivity index is 1.96. The summed E-state index contributed by atoms with van der Waals surface area (Å²) < 4.78 is 0. The number of hydrogen-bond donors (Lipinski definition) is 1. The minimum absolute atomic E-state index is 0.136. The smallest absolute Gasteiger partial charge is 0.145 e. The molecule has 25 heavy (non-hydrogen) atoms. The van der Waals surface area contributed by atoms with E-state index in [9.17, 15) is 10.0 Å². The summed E-state index contributed by atoms with van der Waals surface area (Å²) in [6.07, 6.45) is 9.90. The Kier molecular flexibility index (Phi) is 8.17. The summed E-state index contributed by atoms with van der Waals surface area (Å²) >= 11 is 0. The summed E-state index contributed by atoms with van der Waals surface area (Å²) in [5, 5.41) is 13.4. The Bertz CT molecular complexity index is 640. The number of nitroso groups, excluding NO2 is 1. The zero-order chi connectivity index (χ0) is 17.9. The molecule has 3 heteroatoms. The lowest BCUT2D eigenvalue weighted by Crippen LogP contribution is -1.99. The first-order chi connectivity index (χ1) is 12.3. The fourth-order valence-corrected chi connectivity index (χ4v) is 3.20. The highest BCUT2D eigenvalue weighted by molar-refractivity contribution is 5.43. The van der Waals surface area contributed by atoms with Gasteiger partial charge in [0.15, 0.2) is 0 Å². The minimum atomic E-state index is -0.657. The largest absolute Gasteiger partial charge is 0.508 e. The van der Waals surface area contributed by atoms with Crippen molar-refractivity contribution in [2.24, 2.45) is 5.18 Å². The van der Waals surface area contributed by atoms with E-state index in [-0.39, 0.29) is 5.75 Å². The second-order valence-corrected chi connectivity index (χ2v) is 6.68. The summed E-state index contributed by atoms with van der Waals surface area (Å²) in [5.74, 6) is 0.136. The highest BCUT2D eigenvalue weighted by Gasteiger charge is 2.18. The lowest BCUT2D eigenvalue weighted by molar-refractivity contribution is 0.465. The fraction of sp³-hybridized carbons (Fsp3) is 0.455. The summed E-state index contributed by atoms with van der Waals surface area (Å²) in [7, 11) is 0. The van der Waals surface area contributed by atoms with E-state index >= 15 is 0 Å². The molecule has 0 aliphatic rings. The van der Waals surface area contributed by atoms with Crippen LogP contribution in [0.25, 0.3) is 0 Å². The van der Waals surface area contributed by atoms with E-state index < -0.39 is 6.04 Å². The standard InChI is InChI=1S/C22H29NO2/c1-2-3-4-5-6-7-9-12-18-15-16-21(24)20(17-18)22(23-25)19-13-10-8-11-14-19/h8,10-11,13-17,22,24H,2-7,9,12H2,1H3. The molecule has 0 saturated heterocycles. The van der Waals surface area contributed by atoms with Crippen molar-refractivity contribution in [2.45, 2.75) is 64.3 Å². The third kappa shape index (κ3) is 6.00. The molecular formula is C22H29NO2. The molecule has 0 aromatic heterocycles. The van der Waals surface area contributed by atoms with E-state index in [0.29, 0.717) is 5.56 Å². The zero-order valence-corrected chi connectivity index (χ0v) is 15.2. The summed E-state index contributed by atoms with van der Waals surface area (Å²) in [6, 6.07) is 14.3. The van der Waals surface area contributed by atoms with Gasteiger partial charge in [-0.25, -0.2) is 0 Å². The maximum absolute atomic E-state index is 11.4. The van der Waals surface area contributed by atoms with Gasteiger partial charge in [0.05, 0.1) is 0 Å². The van der Waals surface area contributed by atoms with Crippen molar-refractivity contribution in [3.8, 4) is 5.75 Å². The maximum Gasteiger partial charge on any atom is 0.145 e. The van der Waals surface area contributed by atoms with Crippen LogP contribution in [0.5, 0.6) is 5.75 Å². The van der Waals surface area contributed by atoms with Crippen LogP contribution < -0.4 is 0 Å². The van der Waals surface area contributed by atoms with Crippen molar-refractivity contribution in [2.75, 3.05) is 0 Å². The van der Waals surface area contributed by atoms with Crippen molar-refractivity contribution in [1.82, 2.24) is 0 Å². The van der Waals surface area contributed by atoms with Gasteiger partial charge in [0.2, 0.25) is 0 Å². The molecular weight excluding hydrogens is 310 g/mol. The number of rotatable bonds is 11. The monoisotopic (exact) mass is 339 g/mol. The van der Waals surface area contributed by atoms with Gasteiger partial charge in [0.1, 0.15) is 11.8 Å². The molecule has 0 saturated carbocycles. The van der Waals surface area contributed by atoms with Gasteiger partial charge in [0.25, 0.3) is 0 Å². The van der Waals surface area contributed by atoms with Crippen molar-refractivity contribution < 1.29 is 5.11 Å². The average molecular weight is 339 g/mol. The molecule has 1 N–H and O–H groups in total. The summed E-state index contributed by atoms with van der Waals surface area (Å²) in [4.78, 5) is 11.4. The first-order valence-corrected chi connectivity index (χ1v) is 9.45. The normalized spacial score (nSPS) is 12.0. The topological polar surface area (TPSA) is 49.7 Å². The quantitative estimate of drug-likeness (QED) is 0.373. The van der Waals surface area contributed by atoms with E-state index in [1.54, 1.807) is 6.07 Å². The third-order valence-electron chi connectivity index (χ3n) is 4.68. The SMILES string of the molecule is CCCCCCCCCc1ccc(O)c(C(N=O)c2ccccc2)c1. The molecule has 0 aliphatic heterocycles. The van der Waals surface area contributed by atoms with Gasteiger partial charge in [-0.2, -0.15) is 0 Å². The highest BCUT2D eigenvalue weighted by Crippen LogP contribution is 2.33. The van der Waals surface area contributed by atoms with E-state index in [1.165, 1.54) is 38.5 Å². The van der Waals surface area contributed by atoms with E-state index in [1.807, 2.05) is 42.5 Å². The van der Waals surface area contributed by atoms with Crippen molar-refractivity contribution in [3.63, 3.8) is 0 Å². The highest BCUT2D eigenvalue weighted by atomic mass is 16.3. The number of nitrogens with zero attached hydrogens (tertiary/aromatic N) is 1. The number of aryl methyl sites for hydroxylation is 1. The Morgan fingerprint density at radius 1 is 0.920 bits per heavy atom. The molecule has 0 aliphatic carbocycles. The molecule has 0 amide bonds. The van der Waals surface area contributed by atoms with Crippen LogP contribution in [-0.2, 0) is 6.42 Å². The first-order valence-electron chi connectivity index (χ1n) is 9.45. The van der Waals surface area contributed by atoms with Crippen molar-refractivity contribution in [3.05, 3.63) is 70.1 Å². The second kappa shape index (κ2) is 10.7. The molecule has 1 atom stereocenters. The molecule has 0 fully saturated rings. The Hall–Kier alpha value is -2.16. The molecule has 0 bridgehead atoms. The van der Waals surface area contributed by atoms with E-state index in [0.717, 1.165) is 24.0 Å². The molecule has 3 nitrogen and oxygen atoms in total. The molecule has 0 radical (unpaired) electrons. The van der Waals surface area contributed by atoms with Crippen LogP contribution in [0.15, 0.2) is 53.7 Å². The average Bonchev–Trinajstić information content (AvgIpc) is 2.65. The van der Waals surface area contributed by atoms with Crippen LogP contribution in [0.1, 0.15) is 74.6 Å². The predicted octanol–water partition coefficient (Wildman–Crippen LogP) is 6.54. The van der Waals surface area contributed by atoms with Gasteiger partial charge in [0, 0.05) is 5.56 Å². The van der Waals surface area contributed by atoms with Gasteiger partial charge in [-0.15, -0.1) is 4.91 Å². The van der Waals surface area contributed by atoms with E-state index in [4.69, 9.17) is 0 Å². The molecule has 2 aromatic rings. The molecule has 2 aromatic carbocycles. The van der Waals surface area contributed by atoms with Crippen LogP contribution in [0, 0.1) is 4.91 Å². The van der Waals surface area contributed by atoms with Gasteiger partial charge in [-0.05, 0) is 36.1 Å². The van der Waals surface area contributed by atoms with Crippen molar-refractivity contribution >= 4 is 0 Å². The fourth-order valence-electron chi connectivity index (χ4n) is 3.20. The molecule has 0 spiro atoms. The van der Waals surface area contributed by atoms with Crippen LogP contribution in [0.3, 0.4) is 0 Å². The molecule has 1 unspecified atom stereocenters. The number of hydrogen-bond acceptors (Lipinski definition) is 3. The van der Waals surface area contributed by atoms with Crippen LogP contribution in [0.4, 0.5) is 0 Å². The number of benzene rings is 2.